The molecule has 1 fully saturated rings. The lowest BCUT2D eigenvalue weighted by atomic mass is 9.84. The fourth-order valence-corrected chi connectivity index (χ4v) is 3.23. The second-order valence-corrected chi connectivity index (χ2v) is 5.99. The summed E-state index contributed by atoms with van der Waals surface area (Å²) in [6.45, 7) is 0. The smallest absolute Gasteiger partial charge is 0.118 e. The number of hydrogen-bond acceptors (Lipinski definition) is 3. The zero-order valence-corrected chi connectivity index (χ0v) is 12.6. The van der Waals surface area contributed by atoms with Crippen molar-refractivity contribution in [1.29, 1.82) is 0 Å². The molecule has 1 aliphatic rings. The lowest BCUT2D eigenvalue weighted by Gasteiger charge is -2.26. The molecule has 0 saturated heterocycles. The van der Waals surface area contributed by atoms with Gasteiger partial charge in [-0.2, -0.15) is 0 Å². The van der Waals surface area contributed by atoms with Crippen molar-refractivity contribution in [2.75, 3.05) is 7.11 Å². The summed E-state index contributed by atoms with van der Waals surface area (Å²) in [5, 5.41) is 0. The molecule has 0 bridgehead atoms. The first-order valence-corrected chi connectivity index (χ1v) is 7.91. The maximum Gasteiger partial charge on any atom is 0.118 e. The van der Waals surface area contributed by atoms with E-state index in [2.05, 4.69) is 17.6 Å². The Balaban J connectivity index is 1.77. The van der Waals surface area contributed by atoms with Crippen LogP contribution in [0.4, 0.5) is 0 Å². The summed E-state index contributed by atoms with van der Waals surface area (Å²) in [6, 6.07) is 8.79. The monoisotopic (exact) mass is 276 g/mol. The van der Waals surface area contributed by atoms with Gasteiger partial charge in [-0.05, 0) is 42.9 Å². The zero-order chi connectivity index (χ0) is 14.2. The zero-order valence-electron chi connectivity index (χ0n) is 12.6. The van der Waals surface area contributed by atoms with Gasteiger partial charge in [-0.15, -0.1) is 0 Å². The fourth-order valence-electron chi connectivity index (χ4n) is 3.23. The fraction of sp³-hybridized carbons (Fsp3) is 0.647. The van der Waals surface area contributed by atoms with Gasteiger partial charge in [-0.3, -0.25) is 11.3 Å². The Bertz CT molecular complexity index is 371. The van der Waals surface area contributed by atoms with E-state index in [4.69, 9.17) is 10.6 Å². The molecule has 0 amide bonds. The van der Waals surface area contributed by atoms with Crippen molar-refractivity contribution < 1.29 is 4.74 Å². The van der Waals surface area contributed by atoms with Crippen LogP contribution >= 0.6 is 0 Å². The number of nitrogens with two attached hydrogens (primary N) is 1. The molecule has 1 aliphatic carbocycles. The number of hydrazine groups is 1. The topological polar surface area (TPSA) is 47.3 Å². The Morgan fingerprint density at radius 1 is 1.20 bits per heavy atom. The first-order chi connectivity index (χ1) is 9.81. The molecule has 1 saturated carbocycles. The van der Waals surface area contributed by atoms with Crippen molar-refractivity contribution in [3.05, 3.63) is 29.8 Å². The van der Waals surface area contributed by atoms with E-state index >= 15 is 0 Å². The van der Waals surface area contributed by atoms with E-state index < -0.39 is 0 Å². The molecule has 0 aliphatic heterocycles. The Hall–Kier alpha value is -1.06. The summed E-state index contributed by atoms with van der Waals surface area (Å²) in [5.41, 5.74) is 4.37. The SMILES string of the molecule is COc1ccc(CCC(CC2CCCCC2)NN)cc1. The van der Waals surface area contributed by atoms with Gasteiger partial charge in [0.1, 0.15) is 5.75 Å². The van der Waals surface area contributed by atoms with Gasteiger partial charge in [0.2, 0.25) is 0 Å². The van der Waals surface area contributed by atoms with E-state index in [1.165, 1.54) is 44.1 Å². The van der Waals surface area contributed by atoms with E-state index in [0.717, 1.165) is 24.5 Å². The maximum atomic E-state index is 5.73. The molecular weight excluding hydrogens is 248 g/mol. The van der Waals surface area contributed by atoms with Crippen LogP contribution in [0.3, 0.4) is 0 Å². The highest BCUT2D eigenvalue weighted by Gasteiger charge is 2.18. The van der Waals surface area contributed by atoms with Gasteiger partial charge < -0.3 is 4.74 Å². The highest BCUT2D eigenvalue weighted by atomic mass is 16.5. The minimum absolute atomic E-state index is 0.445. The van der Waals surface area contributed by atoms with Gasteiger partial charge in [0.25, 0.3) is 0 Å². The molecule has 3 N–H and O–H groups in total. The molecular formula is C17H28N2O. The lowest BCUT2D eigenvalue weighted by Crippen LogP contribution is -2.37. The predicted molar refractivity (Wildman–Crippen MR) is 83.6 cm³/mol. The number of aryl methyl sites for hydroxylation is 1. The van der Waals surface area contributed by atoms with Crippen LogP contribution in [-0.2, 0) is 6.42 Å². The lowest BCUT2D eigenvalue weighted by molar-refractivity contribution is 0.292. The average molecular weight is 276 g/mol. The summed E-state index contributed by atoms with van der Waals surface area (Å²) < 4.78 is 5.18. The molecule has 3 nitrogen and oxygen atoms in total. The Labute approximate surface area is 122 Å². The van der Waals surface area contributed by atoms with Crippen molar-refractivity contribution in [3.8, 4) is 5.75 Å². The second kappa shape index (κ2) is 8.28. The van der Waals surface area contributed by atoms with Crippen LogP contribution < -0.4 is 16.0 Å². The Morgan fingerprint density at radius 2 is 1.90 bits per heavy atom. The van der Waals surface area contributed by atoms with Crippen molar-refractivity contribution >= 4 is 0 Å². The molecule has 1 aromatic rings. The maximum absolute atomic E-state index is 5.73. The summed E-state index contributed by atoms with van der Waals surface area (Å²) in [5.74, 6) is 7.53. The highest BCUT2D eigenvalue weighted by molar-refractivity contribution is 5.27. The third-order valence-corrected chi connectivity index (χ3v) is 4.52. The molecule has 0 spiro atoms. The second-order valence-electron chi connectivity index (χ2n) is 5.99. The molecule has 1 atom stereocenters. The van der Waals surface area contributed by atoms with E-state index in [-0.39, 0.29) is 0 Å². The van der Waals surface area contributed by atoms with Crippen molar-refractivity contribution in [1.82, 2.24) is 5.43 Å². The van der Waals surface area contributed by atoms with Gasteiger partial charge >= 0.3 is 0 Å². The molecule has 20 heavy (non-hydrogen) atoms. The molecule has 1 unspecified atom stereocenters. The molecule has 2 rings (SSSR count). The van der Waals surface area contributed by atoms with Crippen molar-refractivity contribution in [2.24, 2.45) is 11.8 Å². The van der Waals surface area contributed by atoms with Crippen molar-refractivity contribution in [3.63, 3.8) is 0 Å². The summed E-state index contributed by atoms with van der Waals surface area (Å²) in [7, 11) is 1.70. The van der Waals surface area contributed by atoms with Gasteiger partial charge in [0.05, 0.1) is 7.11 Å². The predicted octanol–water partition coefficient (Wildman–Crippen LogP) is 3.43. The molecule has 1 aromatic carbocycles. The van der Waals surface area contributed by atoms with Crippen LogP contribution in [-0.4, -0.2) is 13.2 Å². The third-order valence-electron chi connectivity index (χ3n) is 4.52. The van der Waals surface area contributed by atoms with E-state index in [1.807, 2.05) is 12.1 Å². The summed E-state index contributed by atoms with van der Waals surface area (Å²) in [4.78, 5) is 0. The van der Waals surface area contributed by atoms with Gasteiger partial charge in [0.15, 0.2) is 0 Å². The van der Waals surface area contributed by atoms with Crippen LogP contribution in [0, 0.1) is 5.92 Å². The summed E-state index contributed by atoms with van der Waals surface area (Å²) >= 11 is 0. The first-order valence-electron chi connectivity index (χ1n) is 7.91. The van der Waals surface area contributed by atoms with E-state index in [1.54, 1.807) is 7.11 Å². The van der Waals surface area contributed by atoms with Crippen molar-refractivity contribution in [2.45, 2.75) is 57.4 Å². The Kier molecular flexibility index (Phi) is 6.34. The van der Waals surface area contributed by atoms with Gasteiger partial charge in [-0.25, -0.2) is 0 Å². The van der Waals surface area contributed by atoms with Crippen LogP contribution in [0.15, 0.2) is 24.3 Å². The van der Waals surface area contributed by atoms with E-state index in [9.17, 15) is 0 Å². The quantitative estimate of drug-likeness (QED) is 0.592. The van der Waals surface area contributed by atoms with Crippen LogP contribution in [0.5, 0.6) is 5.75 Å². The van der Waals surface area contributed by atoms with Gasteiger partial charge in [0, 0.05) is 6.04 Å². The number of benzene rings is 1. The van der Waals surface area contributed by atoms with Crippen LogP contribution in [0.1, 0.15) is 50.5 Å². The standard InChI is InChI=1S/C17H28N2O/c1-20-17-11-8-14(9-12-17)7-10-16(19-18)13-15-5-3-2-4-6-15/h8-9,11-12,15-16,19H,2-7,10,13,18H2,1H3. The average Bonchev–Trinajstić information content (AvgIpc) is 2.53. The van der Waals surface area contributed by atoms with Gasteiger partial charge in [-0.1, -0.05) is 44.2 Å². The minimum atomic E-state index is 0.445. The minimum Gasteiger partial charge on any atom is -0.497 e. The Morgan fingerprint density at radius 3 is 2.50 bits per heavy atom. The highest BCUT2D eigenvalue weighted by Crippen LogP contribution is 2.28. The third kappa shape index (κ3) is 4.80. The number of rotatable bonds is 7. The largest absolute Gasteiger partial charge is 0.497 e. The molecule has 112 valence electrons. The van der Waals surface area contributed by atoms with Crippen LogP contribution in [0.2, 0.25) is 0 Å². The number of methoxy groups -OCH3 is 1. The number of hydrogen-bond donors (Lipinski definition) is 2. The molecule has 0 heterocycles. The first kappa shape index (κ1) is 15.3. The number of ether oxygens (including phenoxy) is 1. The normalized spacial score (nSPS) is 17.9. The molecule has 0 radical (unpaired) electrons. The number of nitrogens with one attached hydrogen (secondary N) is 1. The summed E-state index contributed by atoms with van der Waals surface area (Å²) in [6.07, 6.45) is 10.4. The molecule has 0 aromatic heterocycles. The molecule has 3 heteroatoms. The van der Waals surface area contributed by atoms with Crippen LogP contribution in [0.25, 0.3) is 0 Å². The van der Waals surface area contributed by atoms with E-state index in [0.29, 0.717) is 6.04 Å².